The van der Waals surface area contributed by atoms with Gasteiger partial charge in [-0.1, -0.05) is 23.2 Å². The van der Waals surface area contributed by atoms with E-state index in [9.17, 15) is 22.8 Å². The fraction of sp³-hybridized carbons (Fsp3) is 0.364. The van der Waals surface area contributed by atoms with E-state index in [1.165, 1.54) is 19.2 Å². The van der Waals surface area contributed by atoms with Crippen LogP contribution in [-0.4, -0.2) is 48.0 Å². The summed E-state index contributed by atoms with van der Waals surface area (Å²) in [6.45, 7) is -1.99. The SMILES string of the molecule is CN(CC(=O)NCC(F)(F)F)C(=O)c1cc(Cl)nc(Cl)c1. The quantitative estimate of drug-likeness (QED) is 0.852. The van der Waals surface area contributed by atoms with Gasteiger partial charge in [0.15, 0.2) is 0 Å². The smallest absolute Gasteiger partial charge is 0.345 e. The molecule has 5 nitrogen and oxygen atoms in total. The van der Waals surface area contributed by atoms with Gasteiger partial charge in [0.1, 0.15) is 16.9 Å². The van der Waals surface area contributed by atoms with Gasteiger partial charge in [0, 0.05) is 12.6 Å². The molecule has 1 aromatic heterocycles. The number of nitrogens with one attached hydrogen (secondary N) is 1. The number of pyridine rings is 1. The van der Waals surface area contributed by atoms with Crippen molar-refractivity contribution in [1.29, 1.82) is 0 Å². The van der Waals surface area contributed by atoms with Crippen LogP contribution < -0.4 is 5.32 Å². The third-order valence-corrected chi connectivity index (χ3v) is 2.61. The predicted molar refractivity (Wildman–Crippen MR) is 70.3 cm³/mol. The van der Waals surface area contributed by atoms with Crippen LogP contribution >= 0.6 is 23.2 Å². The van der Waals surface area contributed by atoms with Gasteiger partial charge in [0.2, 0.25) is 5.91 Å². The van der Waals surface area contributed by atoms with E-state index in [-0.39, 0.29) is 15.9 Å². The fourth-order valence-corrected chi connectivity index (χ4v) is 1.81. The maximum absolute atomic E-state index is 12.0. The summed E-state index contributed by atoms with van der Waals surface area (Å²) < 4.78 is 35.8. The minimum atomic E-state index is -4.51. The average molecular weight is 344 g/mol. The molecule has 2 amide bonds. The predicted octanol–water partition coefficient (Wildman–Crippen LogP) is 2.14. The Balaban J connectivity index is 2.64. The standard InChI is InChI=1S/C11H10Cl2F3N3O2/c1-19(4-9(20)17-5-11(14,15)16)10(21)6-2-7(12)18-8(13)3-6/h2-3H,4-5H2,1H3,(H,17,20). The lowest BCUT2D eigenvalue weighted by Gasteiger charge is -2.17. The van der Waals surface area contributed by atoms with Crippen molar-refractivity contribution in [3.8, 4) is 0 Å². The molecule has 10 heteroatoms. The summed E-state index contributed by atoms with van der Waals surface area (Å²) in [5.41, 5.74) is 0.0751. The number of alkyl halides is 3. The molecule has 0 aliphatic carbocycles. The topological polar surface area (TPSA) is 62.3 Å². The highest BCUT2D eigenvalue weighted by Crippen LogP contribution is 2.16. The van der Waals surface area contributed by atoms with Gasteiger partial charge in [-0.25, -0.2) is 4.98 Å². The van der Waals surface area contributed by atoms with Crippen molar-refractivity contribution in [2.45, 2.75) is 6.18 Å². The normalized spacial score (nSPS) is 11.1. The maximum Gasteiger partial charge on any atom is 0.405 e. The highest BCUT2D eigenvalue weighted by atomic mass is 35.5. The van der Waals surface area contributed by atoms with Crippen molar-refractivity contribution < 1.29 is 22.8 Å². The fourth-order valence-electron chi connectivity index (χ4n) is 1.35. The van der Waals surface area contributed by atoms with Crippen molar-refractivity contribution >= 4 is 35.0 Å². The van der Waals surface area contributed by atoms with E-state index >= 15 is 0 Å². The second-order valence-electron chi connectivity index (χ2n) is 4.05. The molecule has 0 atom stereocenters. The van der Waals surface area contributed by atoms with Gasteiger partial charge in [0.25, 0.3) is 5.91 Å². The number of halogens is 5. The monoisotopic (exact) mass is 343 g/mol. The third-order valence-electron chi connectivity index (χ3n) is 2.22. The molecule has 1 rings (SSSR count). The molecule has 0 spiro atoms. The molecule has 0 saturated heterocycles. The number of rotatable bonds is 4. The van der Waals surface area contributed by atoms with Crippen LogP contribution in [0.2, 0.25) is 10.3 Å². The van der Waals surface area contributed by atoms with E-state index in [2.05, 4.69) is 4.98 Å². The number of hydrogen-bond donors (Lipinski definition) is 1. The molecule has 116 valence electrons. The first-order valence-electron chi connectivity index (χ1n) is 5.50. The van der Waals surface area contributed by atoms with Gasteiger partial charge in [-0.05, 0) is 12.1 Å². The lowest BCUT2D eigenvalue weighted by molar-refractivity contribution is -0.138. The minimum Gasteiger partial charge on any atom is -0.345 e. The van der Waals surface area contributed by atoms with Gasteiger partial charge in [-0.3, -0.25) is 9.59 Å². The summed E-state index contributed by atoms with van der Waals surface area (Å²) in [4.78, 5) is 27.9. The molecule has 0 aromatic carbocycles. The van der Waals surface area contributed by atoms with Gasteiger partial charge in [0.05, 0.1) is 6.54 Å². The van der Waals surface area contributed by atoms with E-state index in [4.69, 9.17) is 23.2 Å². The van der Waals surface area contributed by atoms with Crippen LogP contribution in [0, 0.1) is 0 Å². The lowest BCUT2D eigenvalue weighted by Crippen LogP contribution is -2.41. The summed E-state index contributed by atoms with van der Waals surface area (Å²) in [6.07, 6.45) is -4.51. The first-order valence-corrected chi connectivity index (χ1v) is 6.26. The first-order chi connectivity index (χ1) is 9.58. The lowest BCUT2D eigenvalue weighted by atomic mass is 10.2. The Kier molecular flexibility index (Phi) is 5.79. The molecule has 0 radical (unpaired) electrons. The second kappa shape index (κ2) is 6.95. The molecule has 0 aliphatic heterocycles. The molecule has 1 aromatic rings. The number of aromatic nitrogens is 1. The number of nitrogens with zero attached hydrogens (tertiary/aromatic N) is 2. The zero-order valence-electron chi connectivity index (χ0n) is 10.7. The first kappa shape index (κ1) is 17.5. The highest BCUT2D eigenvalue weighted by molar-refractivity contribution is 6.33. The molecule has 0 saturated carbocycles. The van der Waals surface area contributed by atoms with Gasteiger partial charge in [-0.15, -0.1) is 0 Å². The largest absolute Gasteiger partial charge is 0.405 e. The average Bonchev–Trinajstić information content (AvgIpc) is 2.33. The summed E-state index contributed by atoms with van der Waals surface area (Å²) in [5, 5.41) is 1.63. The Bertz CT molecular complexity index is 532. The number of amides is 2. The van der Waals surface area contributed by atoms with Crippen LogP contribution in [0.3, 0.4) is 0 Å². The van der Waals surface area contributed by atoms with E-state index in [1.54, 1.807) is 5.32 Å². The molecule has 1 heterocycles. The molecule has 0 aliphatic rings. The molecule has 0 bridgehead atoms. The zero-order valence-corrected chi connectivity index (χ0v) is 12.2. The van der Waals surface area contributed by atoms with Crippen molar-refractivity contribution in [2.75, 3.05) is 20.1 Å². The Morgan fingerprint density at radius 3 is 2.29 bits per heavy atom. The molecule has 0 fully saturated rings. The summed E-state index contributed by atoms with van der Waals surface area (Å²) in [7, 11) is 1.26. The summed E-state index contributed by atoms with van der Waals surface area (Å²) in [6, 6.07) is 2.47. The van der Waals surface area contributed by atoms with Crippen LogP contribution in [0.5, 0.6) is 0 Å². The van der Waals surface area contributed by atoms with Gasteiger partial charge in [-0.2, -0.15) is 13.2 Å². The summed E-state index contributed by atoms with van der Waals surface area (Å²) in [5.74, 6) is -1.56. The van der Waals surface area contributed by atoms with Crippen molar-refractivity contribution in [1.82, 2.24) is 15.2 Å². The van der Waals surface area contributed by atoms with Gasteiger partial charge < -0.3 is 10.2 Å². The Hall–Kier alpha value is -1.54. The number of carbonyl (C=O) groups excluding carboxylic acids is 2. The van der Waals surface area contributed by atoms with Crippen molar-refractivity contribution in [2.24, 2.45) is 0 Å². The Morgan fingerprint density at radius 1 is 1.29 bits per heavy atom. The Labute approximate surface area is 128 Å². The third kappa shape index (κ3) is 6.17. The number of likely N-dealkylation sites (N-methyl/N-ethyl adjacent to an activating group) is 1. The zero-order chi connectivity index (χ0) is 16.2. The highest BCUT2D eigenvalue weighted by Gasteiger charge is 2.28. The van der Waals surface area contributed by atoms with Crippen LogP contribution in [0.4, 0.5) is 13.2 Å². The molecular formula is C11H10Cl2F3N3O2. The van der Waals surface area contributed by atoms with Crippen LogP contribution in [0.25, 0.3) is 0 Å². The van der Waals surface area contributed by atoms with E-state index < -0.39 is 31.1 Å². The minimum absolute atomic E-state index is 0.0132. The van der Waals surface area contributed by atoms with Crippen molar-refractivity contribution in [3.63, 3.8) is 0 Å². The van der Waals surface area contributed by atoms with E-state index in [1.807, 2.05) is 0 Å². The molecule has 1 N–H and O–H groups in total. The van der Waals surface area contributed by atoms with Crippen molar-refractivity contribution in [3.05, 3.63) is 28.0 Å². The number of carbonyl (C=O) groups is 2. The molecule has 21 heavy (non-hydrogen) atoms. The van der Waals surface area contributed by atoms with Gasteiger partial charge >= 0.3 is 6.18 Å². The maximum atomic E-state index is 12.0. The molecule has 0 unspecified atom stereocenters. The van der Waals surface area contributed by atoms with Crippen LogP contribution in [0.1, 0.15) is 10.4 Å². The second-order valence-corrected chi connectivity index (χ2v) is 4.83. The van der Waals surface area contributed by atoms with E-state index in [0.29, 0.717) is 0 Å². The Morgan fingerprint density at radius 2 is 1.81 bits per heavy atom. The van der Waals surface area contributed by atoms with E-state index in [0.717, 1.165) is 4.90 Å². The molecular weight excluding hydrogens is 334 g/mol. The van der Waals surface area contributed by atoms with Crippen LogP contribution in [-0.2, 0) is 4.79 Å². The summed E-state index contributed by atoms with van der Waals surface area (Å²) >= 11 is 11.3. The number of hydrogen-bond acceptors (Lipinski definition) is 3. The van der Waals surface area contributed by atoms with Crippen LogP contribution in [0.15, 0.2) is 12.1 Å².